The van der Waals surface area contributed by atoms with Gasteiger partial charge in [-0.3, -0.25) is 4.79 Å². The number of amides is 1. The highest BCUT2D eigenvalue weighted by molar-refractivity contribution is 6.30. The topological polar surface area (TPSA) is 59.0 Å². The van der Waals surface area contributed by atoms with Crippen LogP contribution in [0.15, 0.2) is 48.5 Å². The quantitative estimate of drug-likeness (QED) is 0.388. The van der Waals surface area contributed by atoms with Crippen molar-refractivity contribution in [2.75, 3.05) is 10.6 Å². The van der Waals surface area contributed by atoms with Gasteiger partial charge in [-0.15, -0.1) is 0 Å². The Balaban J connectivity index is 1.66. The van der Waals surface area contributed by atoms with E-state index in [9.17, 15) is 31.1 Å². The van der Waals surface area contributed by atoms with E-state index in [1.54, 1.807) is 24.3 Å². The van der Waals surface area contributed by atoms with Crippen LogP contribution in [0.2, 0.25) is 5.02 Å². The first-order valence-corrected chi connectivity index (χ1v) is 10.4. The minimum absolute atomic E-state index is 0.0727. The number of halogens is 7. The Labute approximate surface area is 194 Å². The van der Waals surface area contributed by atoms with E-state index in [2.05, 4.69) is 15.7 Å². The third-order valence-corrected chi connectivity index (χ3v) is 5.67. The number of aryl methyl sites for hydroxylation is 1. The molecule has 0 bridgehead atoms. The van der Waals surface area contributed by atoms with Gasteiger partial charge in [0.25, 0.3) is 5.91 Å². The number of anilines is 2. The van der Waals surface area contributed by atoms with Crippen LogP contribution in [0.1, 0.15) is 45.7 Å². The molecule has 0 spiro atoms. The lowest BCUT2D eigenvalue weighted by Gasteiger charge is -2.33. The number of alkyl halides is 6. The fraction of sp³-hybridized carbons (Fsp3) is 0.273. The van der Waals surface area contributed by atoms with Crippen LogP contribution in [0.25, 0.3) is 0 Å². The summed E-state index contributed by atoms with van der Waals surface area (Å²) in [5, 5.41) is 8.58. The molecule has 0 saturated heterocycles. The summed E-state index contributed by atoms with van der Waals surface area (Å²) in [5.41, 5.74) is -0.691. The molecule has 4 rings (SSSR count). The van der Waals surface area contributed by atoms with Crippen molar-refractivity contribution in [3.05, 3.63) is 75.9 Å². The van der Waals surface area contributed by atoms with Gasteiger partial charge in [0.15, 0.2) is 11.7 Å². The van der Waals surface area contributed by atoms with Gasteiger partial charge in [-0.05, 0) is 30.7 Å². The van der Waals surface area contributed by atoms with E-state index >= 15 is 0 Å². The molecule has 5 nitrogen and oxygen atoms in total. The fourth-order valence-corrected chi connectivity index (χ4v) is 3.92. The fourth-order valence-electron chi connectivity index (χ4n) is 3.75. The highest BCUT2D eigenvalue weighted by atomic mass is 35.5. The third-order valence-electron chi connectivity index (χ3n) is 5.44. The molecule has 0 saturated carbocycles. The summed E-state index contributed by atoms with van der Waals surface area (Å²) >= 11 is 5.63. The summed E-state index contributed by atoms with van der Waals surface area (Å²) in [6.07, 6.45) is -9.86. The van der Waals surface area contributed by atoms with Crippen molar-refractivity contribution in [2.45, 2.75) is 37.8 Å². The van der Waals surface area contributed by atoms with E-state index in [1.807, 2.05) is 6.92 Å². The van der Waals surface area contributed by atoms with Crippen molar-refractivity contribution >= 4 is 29.0 Å². The molecule has 3 aromatic rings. The lowest BCUT2D eigenvalue weighted by atomic mass is 9.96. The van der Waals surface area contributed by atoms with E-state index in [-0.39, 0.29) is 17.3 Å². The Morgan fingerprint density at radius 1 is 1.09 bits per heavy atom. The van der Waals surface area contributed by atoms with Crippen LogP contribution >= 0.6 is 11.6 Å². The van der Waals surface area contributed by atoms with E-state index in [1.165, 1.54) is 0 Å². The van der Waals surface area contributed by atoms with E-state index in [0.717, 1.165) is 23.8 Å². The molecular formula is C22H17ClF6N4O. The molecular weight excluding hydrogens is 486 g/mol. The summed E-state index contributed by atoms with van der Waals surface area (Å²) < 4.78 is 82.1. The molecule has 1 aromatic heterocycles. The number of nitrogens with one attached hydrogen (secondary N) is 2. The monoisotopic (exact) mass is 502 g/mol. The Morgan fingerprint density at radius 2 is 1.76 bits per heavy atom. The van der Waals surface area contributed by atoms with Crippen LogP contribution in [0.3, 0.4) is 0 Å². The molecule has 2 atom stereocenters. The van der Waals surface area contributed by atoms with Crippen LogP contribution < -0.4 is 10.6 Å². The van der Waals surface area contributed by atoms with Crippen LogP contribution in [0.4, 0.5) is 37.8 Å². The second-order valence-corrected chi connectivity index (χ2v) is 8.34. The molecule has 0 aliphatic carbocycles. The van der Waals surface area contributed by atoms with Crippen molar-refractivity contribution in [3.8, 4) is 0 Å². The largest absolute Gasteiger partial charge is 0.418 e. The Kier molecular flexibility index (Phi) is 6.01. The minimum atomic E-state index is -4.81. The van der Waals surface area contributed by atoms with E-state index in [4.69, 9.17) is 11.6 Å². The highest BCUT2D eigenvalue weighted by Crippen LogP contribution is 2.44. The Morgan fingerprint density at radius 3 is 2.38 bits per heavy atom. The number of fused-ring (bicyclic) bond motifs is 1. The molecule has 0 unspecified atom stereocenters. The minimum Gasteiger partial charge on any atom is -0.363 e. The average Bonchev–Trinajstić information content (AvgIpc) is 3.17. The molecule has 12 heteroatoms. The van der Waals surface area contributed by atoms with Gasteiger partial charge in [0.2, 0.25) is 0 Å². The molecule has 1 aliphatic heterocycles. The van der Waals surface area contributed by atoms with Crippen molar-refractivity contribution in [3.63, 3.8) is 0 Å². The number of hydrogen-bond acceptors (Lipinski definition) is 3. The Hall–Kier alpha value is -3.21. The number of rotatable bonds is 3. The first-order valence-electron chi connectivity index (χ1n) is 10.0. The highest BCUT2D eigenvalue weighted by Gasteiger charge is 2.47. The van der Waals surface area contributed by atoms with Gasteiger partial charge in [0, 0.05) is 17.5 Å². The maximum Gasteiger partial charge on any atom is 0.418 e. The van der Waals surface area contributed by atoms with Crippen molar-refractivity contribution in [1.29, 1.82) is 0 Å². The van der Waals surface area contributed by atoms with Crippen LogP contribution in [0, 0.1) is 6.92 Å². The smallest absolute Gasteiger partial charge is 0.363 e. The number of benzene rings is 2. The standard InChI is InChI=1S/C22H17ClF6N4O/c1-11-2-4-12(5-3-11)16-9-18(22(27,28)29)33-19(30-16)10-17(32-33)20(34)31-15-7-6-13(23)8-14(15)21(24,25)26/h2-8,10,16,18,30H,9H2,1H3,(H,31,34)/t16-,18+/m0/s1. The van der Waals surface area contributed by atoms with Crippen LogP contribution in [-0.4, -0.2) is 21.9 Å². The van der Waals surface area contributed by atoms with E-state index < -0.39 is 47.3 Å². The summed E-state index contributed by atoms with van der Waals surface area (Å²) in [6.45, 7) is 1.85. The summed E-state index contributed by atoms with van der Waals surface area (Å²) in [4.78, 5) is 12.6. The molecule has 2 N–H and O–H groups in total. The summed E-state index contributed by atoms with van der Waals surface area (Å²) in [7, 11) is 0. The molecule has 1 aliphatic rings. The zero-order valence-corrected chi connectivity index (χ0v) is 18.2. The maximum absolute atomic E-state index is 13.8. The Bertz CT molecular complexity index is 1220. The van der Waals surface area contributed by atoms with Gasteiger partial charge in [-0.2, -0.15) is 31.4 Å². The second-order valence-electron chi connectivity index (χ2n) is 7.90. The number of aromatic nitrogens is 2. The predicted molar refractivity (Wildman–Crippen MR) is 114 cm³/mol. The van der Waals surface area contributed by atoms with Crippen molar-refractivity contribution in [1.82, 2.24) is 9.78 Å². The first kappa shape index (κ1) is 23.9. The SMILES string of the molecule is Cc1ccc([C@@H]2C[C@H](C(F)(F)F)n3nc(C(=O)Nc4ccc(Cl)cc4C(F)(F)F)cc3N2)cc1. The van der Waals surface area contributed by atoms with E-state index in [0.29, 0.717) is 16.3 Å². The number of hydrogen-bond donors (Lipinski definition) is 2. The molecule has 34 heavy (non-hydrogen) atoms. The third kappa shape index (κ3) is 4.84. The number of nitrogens with zero attached hydrogens (tertiary/aromatic N) is 2. The normalized spacial score (nSPS) is 18.2. The maximum atomic E-state index is 13.8. The first-order chi connectivity index (χ1) is 15.8. The predicted octanol–water partition coefficient (Wildman–Crippen LogP) is 6.78. The molecule has 1 amide bonds. The van der Waals surface area contributed by atoms with Crippen molar-refractivity contribution < 1.29 is 31.1 Å². The van der Waals surface area contributed by atoms with Gasteiger partial charge < -0.3 is 10.6 Å². The van der Waals surface area contributed by atoms with Crippen LogP contribution in [0.5, 0.6) is 0 Å². The van der Waals surface area contributed by atoms with Gasteiger partial charge in [-0.1, -0.05) is 41.4 Å². The number of carbonyl (C=O) groups excluding carboxylic acids is 1. The molecule has 2 aromatic carbocycles. The number of carbonyl (C=O) groups is 1. The van der Waals surface area contributed by atoms with Crippen LogP contribution in [-0.2, 0) is 6.18 Å². The van der Waals surface area contributed by atoms with Gasteiger partial charge in [-0.25, -0.2) is 4.68 Å². The molecule has 2 heterocycles. The summed E-state index contributed by atoms with van der Waals surface area (Å²) in [6, 6.07) is 8.06. The average molecular weight is 503 g/mol. The molecule has 180 valence electrons. The van der Waals surface area contributed by atoms with Crippen molar-refractivity contribution in [2.24, 2.45) is 0 Å². The van der Waals surface area contributed by atoms with Gasteiger partial charge in [0.1, 0.15) is 5.82 Å². The molecule has 0 fully saturated rings. The molecule has 0 radical (unpaired) electrons. The lowest BCUT2D eigenvalue weighted by Crippen LogP contribution is -2.35. The zero-order valence-electron chi connectivity index (χ0n) is 17.4. The van der Waals surface area contributed by atoms with Gasteiger partial charge in [0.05, 0.1) is 17.3 Å². The summed E-state index contributed by atoms with van der Waals surface area (Å²) in [5.74, 6) is -1.17. The second kappa shape index (κ2) is 8.53. The zero-order chi connectivity index (χ0) is 24.8. The lowest BCUT2D eigenvalue weighted by molar-refractivity contribution is -0.173. The van der Waals surface area contributed by atoms with Gasteiger partial charge >= 0.3 is 12.4 Å².